The molecule has 0 bridgehead atoms. The summed E-state index contributed by atoms with van der Waals surface area (Å²) in [5.74, 6) is 1.65. The summed E-state index contributed by atoms with van der Waals surface area (Å²) in [7, 11) is 1.78. The first-order valence-electron chi connectivity index (χ1n) is 6.89. The predicted octanol–water partition coefficient (Wildman–Crippen LogP) is 5.12. The molecule has 0 aliphatic rings. The predicted molar refractivity (Wildman–Crippen MR) is 79.6 cm³/mol. The van der Waals surface area contributed by atoms with Gasteiger partial charge in [-0.1, -0.05) is 50.1 Å². The second-order valence-corrected chi connectivity index (χ2v) is 5.08. The quantitative estimate of drug-likeness (QED) is 0.655. The van der Waals surface area contributed by atoms with Crippen molar-refractivity contribution in [1.82, 2.24) is 0 Å². The van der Waals surface area contributed by atoms with E-state index in [4.69, 9.17) is 4.74 Å². The molecule has 0 aliphatic heterocycles. The van der Waals surface area contributed by atoms with Crippen LogP contribution >= 0.6 is 0 Å². The number of benzene rings is 1. The van der Waals surface area contributed by atoms with E-state index in [9.17, 15) is 0 Å². The van der Waals surface area contributed by atoms with Gasteiger partial charge in [0.25, 0.3) is 0 Å². The van der Waals surface area contributed by atoms with Crippen molar-refractivity contribution in [2.75, 3.05) is 7.11 Å². The van der Waals surface area contributed by atoms with Gasteiger partial charge in [-0.3, -0.25) is 0 Å². The van der Waals surface area contributed by atoms with Crippen molar-refractivity contribution < 1.29 is 4.74 Å². The zero-order valence-corrected chi connectivity index (χ0v) is 12.6. The molecule has 1 nitrogen and oxygen atoms in total. The third kappa shape index (κ3) is 3.38. The van der Waals surface area contributed by atoms with E-state index < -0.39 is 0 Å². The number of hydrogen-bond acceptors (Lipinski definition) is 1. The number of hydrogen-bond donors (Lipinski definition) is 0. The Balaban J connectivity index is 3.38. The molecule has 0 amide bonds. The van der Waals surface area contributed by atoms with Gasteiger partial charge in [0.2, 0.25) is 0 Å². The van der Waals surface area contributed by atoms with Crippen LogP contribution in [0.1, 0.15) is 50.3 Å². The van der Waals surface area contributed by atoms with E-state index in [2.05, 4.69) is 52.8 Å². The summed E-state index contributed by atoms with van der Waals surface area (Å²) in [6.07, 6.45) is 2.08. The van der Waals surface area contributed by atoms with Crippen LogP contribution in [0.15, 0.2) is 24.0 Å². The van der Waals surface area contributed by atoms with Crippen LogP contribution in [0.2, 0.25) is 0 Å². The molecule has 1 aromatic rings. The van der Waals surface area contributed by atoms with Crippen molar-refractivity contribution in [3.05, 3.63) is 40.6 Å². The lowest BCUT2D eigenvalue weighted by molar-refractivity contribution is 0.280. The topological polar surface area (TPSA) is 9.23 Å². The fraction of sp³-hybridized carbons (Fsp3) is 0.529. The number of rotatable bonds is 5. The zero-order chi connectivity index (χ0) is 13.7. The normalized spacial score (nSPS) is 14.1. The highest BCUT2D eigenvalue weighted by Crippen LogP contribution is 2.31. The summed E-state index contributed by atoms with van der Waals surface area (Å²) < 4.78 is 5.60. The molecule has 18 heavy (non-hydrogen) atoms. The van der Waals surface area contributed by atoms with Crippen LogP contribution in [0.4, 0.5) is 0 Å². The van der Waals surface area contributed by atoms with E-state index in [1.54, 1.807) is 7.11 Å². The molecule has 100 valence electrons. The summed E-state index contributed by atoms with van der Waals surface area (Å²) in [4.78, 5) is 0. The van der Waals surface area contributed by atoms with Gasteiger partial charge >= 0.3 is 0 Å². The van der Waals surface area contributed by atoms with Crippen LogP contribution in [0.3, 0.4) is 0 Å². The molecule has 0 radical (unpaired) electrons. The lowest BCUT2D eigenvalue weighted by Gasteiger charge is -2.20. The van der Waals surface area contributed by atoms with Crippen molar-refractivity contribution >= 4 is 5.57 Å². The van der Waals surface area contributed by atoms with Crippen LogP contribution in [-0.2, 0) is 4.74 Å². The number of aryl methyl sites for hydroxylation is 2. The van der Waals surface area contributed by atoms with E-state index in [1.807, 2.05) is 0 Å². The van der Waals surface area contributed by atoms with Gasteiger partial charge in [0, 0.05) is 6.42 Å². The van der Waals surface area contributed by atoms with Gasteiger partial charge in [0.1, 0.15) is 0 Å². The Morgan fingerprint density at radius 3 is 2.06 bits per heavy atom. The summed E-state index contributed by atoms with van der Waals surface area (Å²) >= 11 is 0. The lowest BCUT2D eigenvalue weighted by atomic mass is 9.88. The third-order valence-electron chi connectivity index (χ3n) is 3.51. The molecule has 0 heterocycles. The van der Waals surface area contributed by atoms with E-state index in [-0.39, 0.29) is 0 Å². The fourth-order valence-electron chi connectivity index (χ4n) is 2.50. The minimum Gasteiger partial charge on any atom is -0.501 e. The number of allylic oxidation sites excluding steroid dienone is 2. The highest BCUT2D eigenvalue weighted by Gasteiger charge is 2.15. The Morgan fingerprint density at radius 1 is 1.11 bits per heavy atom. The minimum absolute atomic E-state index is 0.529. The number of ether oxygens (including phenoxy) is 1. The molecule has 1 aromatic carbocycles. The van der Waals surface area contributed by atoms with Crippen LogP contribution in [-0.4, -0.2) is 7.11 Å². The Morgan fingerprint density at radius 2 is 1.67 bits per heavy atom. The van der Waals surface area contributed by atoms with E-state index in [1.165, 1.54) is 22.3 Å². The largest absolute Gasteiger partial charge is 0.501 e. The van der Waals surface area contributed by atoms with Crippen molar-refractivity contribution in [2.24, 2.45) is 5.92 Å². The molecular weight excluding hydrogens is 220 g/mol. The maximum absolute atomic E-state index is 5.60. The fourth-order valence-corrected chi connectivity index (χ4v) is 2.50. The first kappa shape index (κ1) is 14.8. The van der Waals surface area contributed by atoms with Crippen molar-refractivity contribution in [3.63, 3.8) is 0 Å². The lowest BCUT2D eigenvalue weighted by Crippen LogP contribution is -2.04. The average Bonchev–Trinajstić information content (AvgIpc) is 2.33. The standard InChI is InChI=1S/C17H26O/c1-7-14(5)17(16(8-2)18-6)15-10-12(3)9-13(4)11-15/h9-11,14H,7-8H2,1-6H3/b17-16-. The zero-order valence-electron chi connectivity index (χ0n) is 12.6. The SMILES string of the molecule is CC/C(OC)=C(/c1cc(C)cc(C)c1)C(C)CC. The second kappa shape index (κ2) is 6.63. The van der Waals surface area contributed by atoms with Crippen molar-refractivity contribution in [1.29, 1.82) is 0 Å². The van der Waals surface area contributed by atoms with Crippen LogP contribution in [0.25, 0.3) is 5.57 Å². The van der Waals surface area contributed by atoms with E-state index in [0.717, 1.165) is 18.6 Å². The summed E-state index contributed by atoms with van der Waals surface area (Å²) in [6.45, 7) is 11.0. The Bertz CT molecular complexity index is 403. The first-order chi connectivity index (χ1) is 8.53. The molecule has 1 heteroatoms. The van der Waals surface area contributed by atoms with E-state index >= 15 is 0 Å². The molecule has 0 spiro atoms. The first-order valence-corrected chi connectivity index (χ1v) is 6.89. The molecule has 0 aliphatic carbocycles. The molecule has 1 atom stereocenters. The van der Waals surface area contributed by atoms with Crippen molar-refractivity contribution in [3.8, 4) is 0 Å². The van der Waals surface area contributed by atoms with Crippen LogP contribution in [0, 0.1) is 19.8 Å². The molecule has 0 aromatic heterocycles. The second-order valence-electron chi connectivity index (χ2n) is 5.08. The third-order valence-corrected chi connectivity index (χ3v) is 3.51. The molecule has 1 unspecified atom stereocenters. The van der Waals surface area contributed by atoms with Gasteiger partial charge in [0.15, 0.2) is 0 Å². The maximum Gasteiger partial charge on any atom is 0.0993 e. The van der Waals surface area contributed by atoms with Crippen molar-refractivity contribution in [2.45, 2.75) is 47.5 Å². The van der Waals surface area contributed by atoms with Gasteiger partial charge in [-0.15, -0.1) is 0 Å². The van der Waals surface area contributed by atoms with Crippen LogP contribution in [0.5, 0.6) is 0 Å². The summed E-state index contributed by atoms with van der Waals surface area (Å²) in [6, 6.07) is 6.75. The average molecular weight is 246 g/mol. The molecule has 0 fully saturated rings. The van der Waals surface area contributed by atoms with Gasteiger partial charge in [-0.2, -0.15) is 0 Å². The highest BCUT2D eigenvalue weighted by molar-refractivity contribution is 5.70. The Labute approximate surface area is 112 Å². The Hall–Kier alpha value is -1.24. The smallest absolute Gasteiger partial charge is 0.0993 e. The summed E-state index contributed by atoms with van der Waals surface area (Å²) in [5.41, 5.74) is 5.32. The Kier molecular flexibility index (Phi) is 5.46. The molecule has 0 saturated heterocycles. The van der Waals surface area contributed by atoms with Gasteiger partial charge in [0.05, 0.1) is 12.9 Å². The monoisotopic (exact) mass is 246 g/mol. The number of methoxy groups -OCH3 is 1. The highest BCUT2D eigenvalue weighted by atomic mass is 16.5. The van der Waals surface area contributed by atoms with Gasteiger partial charge in [-0.05, 0) is 37.3 Å². The molecular formula is C17H26O. The molecule has 1 rings (SSSR count). The van der Waals surface area contributed by atoms with E-state index in [0.29, 0.717) is 5.92 Å². The summed E-state index contributed by atoms with van der Waals surface area (Å²) in [5, 5.41) is 0. The molecule has 0 N–H and O–H groups in total. The minimum atomic E-state index is 0.529. The molecule has 0 saturated carbocycles. The van der Waals surface area contributed by atoms with Gasteiger partial charge < -0.3 is 4.74 Å². The maximum atomic E-state index is 5.60. The van der Waals surface area contributed by atoms with Gasteiger partial charge in [-0.25, -0.2) is 0 Å². The van der Waals surface area contributed by atoms with Crippen LogP contribution < -0.4 is 0 Å².